The molecular formula is C22H24ClN3O3S. The summed E-state index contributed by atoms with van der Waals surface area (Å²) in [7, 11) is 1.76. The van der Waals surface area contributed by atoms with E-state index in [-0.39, 0.29) is 12.3 Å². The fourth-order valence-corrected chi connectivity index (χ4v) is 4.93. The molecule has 1 amide bonds. The van der Waals surface area contributed by atoms with Crippen molar-refractivity contribution in [1.29, 1.82) is 0 Å². The van der Waals surface area contributed by atoms with E-state index in [0.29, 0.717) is 16.7 Å². The van der Waals surface area contributed by atoms with Gasteiger partial charge in [-0.05, 0) is 48.5 Å². The molecule has 0 aromatic heterocycles. The van der Waals surface area contributed by atoms with Crippen LogP contribution in [0.1, 0.15) is 12.0 Å². The molecule has 0 unspecified atom stereocenters. The second kappa shape index (κ2) is 8.51. The number of aliphatic hydroxyl groups is 2. The van der Waals surface area contributed by atoms with Crippen LogP contribution in [-0.4, -0.2) is 57.5 Å². The summed E-state index contributed by atoms with van der Waals surface area (Å²) in [6, 6.07) is 16.0. The summed E-state index contributed by atoms with van der Waals surface area (Å²) < 4.78 is 0. The van der Waals surface area contributed by atoms with Crippen LogP contribution in [0.5, 0.6) is 0 Å². The number of benzene rings is 2. The highest BCUT2D eigenvalue weighted by atomic mass is 35.5. The third-order valence-corrected chi connectivity index (χ3v) is 6.47. The first kappa shape index (κ1) is 21.1. The van der Waals surface area contributed by atoms with Gasteiger partial charge in [-0.2, -0.15) is 0 Å². The van der Waals surface area contributed by atoms with Gasteiger partial charge in [-0.25, -0.2) is 0 Å². The molecule has 1 heterocycles. The van der Waals surface area contributed by atoms with Crippen LogP contribution in [0.3, 0.4) is 0 Å². The van der Waals surface area contributed by atoms with Crippen molar-refractivity contribution in [2.45, 2.75) is 37.3 Å². The molecule has 0 radical (unpaired) electrons. The van der Waals surface area contributed by atoms with E-state index >= 15 is 0 Å². The SMILES string of the molecule is CN(Cc1ccccc1)C(=O)[C@@H]1C[C@@H](O)[C@H](O)[C@@H]2NC(=S)N(c3ccc(Cl)cc3)[C@@H]21. The Balaban J connectivity index is 1.64. The first-order valence-corrected chi connectivity index (χ1v) is 10.7. The Hall–Kier alpha value is -2.19. The molecule has 1 aliphatic heterocycles. The molecule has 8 heteroatoms. The van der Waals surface area contributed by atoms with Crippen LogP contribution >= 0.6 is 23.8 Å². The molecule has 2 fully saturated rings. The van der Waals surface area contributed by atoms with E-state index in [1.807, 2.05) is 47.4 Å². The van der Waals surface area contributed by atoms with E-state index in [2.05, 4.69) is 5.32 Å². The van der Waals surface area contributed by atoms with Gasteiger partial charge in [0.1, 0.15) is 6.10 Å². The number of nitrogens with zero attached hydrogens (tertiary/aromatic N) is 2. The molecule has 6 nitrogen and oxygen atoms in total. The first-order chi connectivity index (χ1) is 14.4. The van der Waals surface area contributed by atoms with E-state index < -0.39 is 30.2 Å². The Morgan fingerprint density at radius 2 is 1.87 bits per heavy atom. The maximum Gasteiger partial charge on any atom is 0.228 e. The van der Waals surface area contributed by atoms with Gasteiger partial charge in [0, 0.05) is 24.3 Å². The molecule has 1 saturated heterocycles. The summed E-state index contributed by atoms with van der Waals surface area (Å²) in [5.74, 6) is -0.629. The van der Waals surface area contributed by atoms with Crippen molar-refractivity contribution >= 4 is 40.5 Å². The molecule has 0 bridgehead atoms. The normalized spacial score (nSPS) is 28.1. The molecule has 2 aromatic carbocycles. The molecular weight excluding hydrogens is 422 g/mol. The minimum Gasteiger partial charge on any atom is -0.390 e. The van der Waals surface area contributed by atoms with Gasteiger partial charge in [0.25, 0.3) is 0 Å². The maximum atomic E-state index is 13.4. The quantitative estimate of drug-likeness (QED) is 0.626. The van der Waals surface area contributed by atoms with Crippen molar-refractivity contribution in [3.8, 4) is 0 Å². The number of aliphatic hydroxyl groups excluding tert-OH is 2. The van der Waals surface area contributed by atoms with Crippen LogP contribution in [0.25, 0.3) is 0 Å². The molecule has 0 spiro atoms. The predicted octanol–water partition coefficient (Wildman–Crippen LogP) is 2.17. The fraction of sp³-hybridized carbons (Fsp3) is 0.364. The lowest BCUT2D eigenvalue weighted by atomic mass is 9.77. The topological polar surface area (TPSA) is 76.0 Å². The first-order valence-electron chi connectivity index (χ1n) is 9.87. The van der Waals surface area contributed by atoms with Crippen LogP contribution < -0.4 is 10.2 Å². The summed E-state index contributed by atoms with van der Waals surface area (Å²) in [6.45, 7) is 0.463. The summed E-state index contributed by atoms with van der Waals surface area (Å²) >= 11 is 11.6. The highest BCUT2D eigenvalue weighted by Gasteiger charge is 2.54. The Labute approximate surface area is 186 Å². The number of halogens is 1. The minimum atomic E-state index is -1.02. The van der Waals surface area contributed by atoms with Gasteiger partial charge in [0.15, 0.2) is 5.11 Å². The molecule has 1 saturated carbocycles. The summed E-state index contributed by atoms with van der Waals surface area (Å²) in [5.41, 5.74) is 1.81. The molecule has 2 aromatic rings. The van der Waals surface area contributed by atoms with E-state index in [1.165, 1.54) is 0 Å². The van der Waals surface area contributed by atoms with Gasteiger partial charge in [-0.3, -0.25) is 4.79 Å². The standard InChI is InChI=1S/C22H24ClN3O3S/c1-25(12-13-5-3-2-4-6-13)21(29)16-11-17(27)20(28)18-19(16)26(22(30)24-18)15-9-7-14(23)8-10-15/h2-10,16-20,27-28H,11-12H2,1H3,(H,24,30)/t16-,17-,18-,19-,20+/m1/s1. The average molecular weight is 446 g/mol. The van der Waals surface area contributed by atoms with Crippen molar-refractivity contribution < 1.29 is 15.0 Å². The second-order valence-electron chi connectivity index (χ2n) is 7.89. The number of nitrogens with one attached hydrogen (secondary N) is 1. The fourth-order valence-electron chi connectivity index (χ4n) is 4.45. The van der Waals surface area contributed by atoms with Crippen LogP contribution in [0.15, 0.2) is 54.6 Å². The average Bonchev–Trinajstić information content (AvgIpc) is 3.09. The number of carbonyl (C=O) groups is 1. The van der Waals surface area contributed by atoms with E-state index in [9.17, 15) is 15.0 Å². The molecule has 4 rings (SSSR count). The van der Waals surface area contributed by atoms with Crippen molar-refractivity contribution in [2.24, 2.45) is 5.92 Å². The zero-order chi connectivity index (χ0) is 21.4. The number of rotatable bonds is 4. The third kappa shape index (κ3) is 3.90. The molecule has 1 aliphatic carbocycles. The van der Waals surface area contributed by atoms with Crippen molar-refractivity contribution in [3.63, 3.8) is 0 Å². The van der Waals surface area contributed by atoms with Crippen LogP contribution in [0.4, 0.5) is 5.69 Å². The van der Waals surface area contributed by atoms with Gasteiger partial charge in [0.2, 0.25) is 5.91 Å². The summed E-state index contributed by atoms with van der Waals surface area (Å²) in [6.07, 6.45) is -1.87. The number of fused-ring (bicyclic) bond motifs is 1. The lowest BCUT2D eigenvalue weighted by Gasteiger charge is -2.42. The minimum absolute atomic E-state index is 0.0923. The van der Waals surface area contributed by atoms with Gasteiger partial charge in [-0.15, -0.1) is 0 Å². The van der Waals surface area contributed by atoms with Crippen LogP contribution in [0.2, 0.25) is 5.02 Å². The van der Waals surface area contributed by atoms with E-state index in [4.69, 9.17) is 23.8 Å². The number of carbonyl (C=O) groups excluding carboxylic acids is 1. The number of anilines is 1. The number of hydrogen-bond donors (Lipinski definition) is 3. The highest BCUT2D eigenvalue weighted by molar-refractivity contribution is 7.80. The van der Waals surface area contributed by atoms with Crippen LogP contribution in [0, 0.1) is 5.92 Å². The maximum absolute atomic E-state index is 13.4. The van der Waals surface area contributed by atoms with E-state index in [0.717, 1.165) is 11.3 Å². The third-order valence-electron chi connectivity index (χ3n) is 5.91. The van der Waals surface area contributed by atoms with Gasteiger partial charge >= 0.3 is 0 Å². The summed E-state index contributed by atoms with van der Waals surface area (Å²) in [4.78, 5) is 17.0. The molecule has 30 heavy (non-hydrogen) atoms. The molecule has 5 atom stereocenters. The predicted molar refractivity (Wildman–Crippen MR) is 120 cm³/mol. The number of thiocarbonyl (C=S) groups is 1. The smallest absolute Gasteiger partial charge is 0.228 e. The summed E-state index contributed by atoms with van der Waals surface area (Å²) in [5, 5.41) is 25.2. The van der Waals surface area contributed by atoms with E-state index in [1.54, 1.807) is 24.1 Å². The Bertz CT molecular complexity index is 927. The molecule has 158 valence electrons. The second-order valence-corrected chi connectivity index (χ2v) is 8.72. The van der Waals surface area contributed by atoms with Crippen molar-refractivity contribution in [2.75, 3.05) is 11.9 Å². The van der Waals surface area contributed by atoms with Crippen molar-refractivity contribution in [3.05, 3.63) is 65.2 Å². The van der Waals surface area contributed by atoms with Crippen molar-refractivity contribution in [1.82, 2.24) is 10.2 Å². The Morgan fingerprint density at radius 3 is 2.53 bits per heavy atom. The molecule has 2 aliphatic rings. The monoisotopic (exact) mass is 445 g/mol. The zero-order valence-corrected chi connectivity index (χ0v) is 18.1. The Kier molecular flexibility index (Phi) is 5.97. The number of hydrogen-bond acceptors (Lipinski definition) is 4. The largest absolute Gasteiger partial charge is 0.390 e. The highest BCUT2D eigenvalue weighted by Crippen LogP contribution is 2.37. The lowest BCUT2D eigenvalue weighted by molar-refractivity contribution is -0.141. The van der Waals surface area contributed by atoms with Gasteiger partial charge < -0.3 is 25.3 Å². The van der Waals surface area contributed by atoms with Gasteiger partial charge in [0.05, 0.1) is 24.1 Å². The zero-order valence-electron chi connectivity index (χ0n) is 16.5. The Morgan fingerprint density at radius 1 is 1.20 bits per heavy atom. The number of amides is 1. The molecule has 3 N–H and O–H groups in total. The van der Waals surface area contributed by atoms with Crippen LogP contribution in [-0.2, 0) is 11.3 Å². The van der Waals surface area contributed by atoms with Gasteiger partial charge in [-0.1, -0.05) is 41.9 Å². The lowest BCUT2D eigenvalue weighted by Crippen LogP contribution is -2.61.